The fourth-order valence-electron chi connectivity index (χ4n) is 9.19. The highest BCUT2D eigenvalue weighted by atomic mass is 32.1. The first-order valence-corrected chi connectivity index (χ1v) is 28.1. The number of hydrogen-bond acceptors (Lipinski definition) is 10. The van der Waals surface area contributed by atoms with Crippen LogP contribution in [0.4, 0.5) is 0 Å². The highest BCUT2D eigenvalue weighted by Gasteiger charge is 2.13. The molecule has 0 saturated carbocycles. The van der Waals surface area contributed by atoms with Crippen LogP contribution in [0.3, 0.4) is 0 Å². The molecular weight excluding hydrogens is 985 g/mol. The van der Waals surface area contributed by atoms with Crippen molar-refractivity contribution >= 4 is 64.8 Å². The average molecular weight is 1060 g/mol. The van der Waals surface area contributed by atoms with Crippen molar-refractivity contribution in [3.8, 4) is 22.3 Å². The summed E-state index contributed by atoms with van der Waals surface area (Å²) < 4.78 is 13.4. The predicted octanol–water partition coefficient (Wildman–Crippen LogP) is 17.3. The molecule has 4 aliphatic rings. The first-order chi connectivity index (χ1) is 36.9. The van der Waals surface area contributed by atoms with Gasteiger partial charge in [0.2, 0.25) is 0 Å². The highest BCUT2D eigenvalue weighted by Crippen LogP contribution is 2.34. The SMILES string of the molecule is CC(N)c1ccc2cccccc1-2.CC(N)c1coc2ccccc12.CC(N)c1csc2ccccc12.Cc1ccc2c(C(C)N)coc2c1.Cc1ccc2c(C(C)N)csc2c1.Cc1cccc2c(C(C)N)ccc-2c1. The average Bonchev–Trinajstić information content (AvgIpc) is 4.27. The van der Waals surface area contributed by atoms with E-state index in [9.17, 15) is 0 Å². The number of benzene rings is 4. The first kappa shape index (κ1) is 57.7. The molecule has 398 valence electrons. The Bertz CT molecular complexity index is 3530. The van der Waals surface area contributed by atoms with E-state index in [0.717, 1.165) is 33.1 Å². The fourth-order valence-corrected chi connectivity index (χ4v) is 11.4. The normalized spacial score (nSPS) is 13.3. The Morgan fingerprint density at radius 2 is 0.766 bits per heavy atom. The van der Waals surface area contributed by atoms with Gasteiger partial charge in [-0.3, -0.25) is 0 Å². The lowest BCUT2D eigenvalue weighted by molar-refractivity contribution is 0.604. The summed E-state index contributed by atoms with van der Waals surface area (Å²) in [5, 5.41) is 9.17. The maximum Gasteiger partial charge on any atom is 0.134 e. The number of rotatable bonds is 6. The Hall–Kier alpha value is -6.96. The molecule has 77 heavy (non-hydrogen) atoms. The maximum absolute atomic E-state index is 5.90. The van der Waals surface area contributed by atoms with Crippen molar-refractivity contribution in [1.82, 2.24) is 0 Å². The monoisotopic (exact) mass is 1060 g/mol. The molecule has 12 N–H and O–H groups in total. The molecule has 0 saturated heterocycles. The van der Waals surface area contributed by atoms with Crippen molar-refractivity contribution in [1.29, 1.82) is 0 Å². The van der Waals surface area contributed by atoms with E-state index in [0.29, 0.717) is 0 Å². The molecule has 0 fully saturated rings. The van der Waals surface area contributed by atoms with Gasteiger partial charge in [-0.25, -0.2) is 0 Å². The third-order valence-corrected chi connectivity index (χ3v) is 15.3. The van der Waals surface area contributed by atoms with E-state index >= 15 is 0 Å². The first-order valence-electron chi connectivity index (χ1n) is 26.3. The number of furan rings is 2. The van der Waals surface area contributed by atoms with E-state index in [4.69, 9.17) is 43.2 Å². The van der Waals surface area contributed by atoms with E-state index in [2.05, 4.69) is 140 Å². The molecular formula is C67H76N6O2S2. The van der Waals surface area contributed by atoms with Crippen molar-refractivity contribution in [2.75, 3.05) is 0 Å². The lowest BCUT2D eigenvalue weighted by atomic mass is 10.1. The van der Waals surface area contributed by atoms with Gasteiger partial charge in [-0.1, -0.05) is 145 Å². The fraction of sp³-hybridized carbons (Fsp3) is 0.224. The molecule has 6 unspecified atom stereocenters. The summed E-state index contributed by atoms with van der Waals surface area (Å²) in [6.07, 6.45) is 3.48. The number of thiophene rings is 2. The maximum atomic E-state index is 5.90. The van der Waals surface area contributed by atoms with Gasteiger partial charge in [0.1, 0.15) is 11.2 Å². The number of hydrogen-bond donors (Lipinski definition) is 6. The molecule has 8 nitrogen and oxygen atoms in total. The van der Waals surface area contributed by atoms with Gasteiger partial charge in [-0.05, 0) is 164 Å². The zero-order valence-corrected chi connectivity index (χ0v) is 47.6. The molecule has 0 aliphatic heterocycles. The predicted molar refractivity (Wildman–Crippen MR) is 332 cm³/mol. The lowest BCUT2D eigenvalue weighted by Crippen LogP contribution is -2.04. The van der Waals surface area contributed by atoms with Crippen molar-refractivity contribution in [2.45, 2.75) is 98.6 Å². The minimum absolute atomic E-state index is 0.0314. The van der Waals surface area contributed by atoms with E-state index in [1.54, 1.807) is 35.2 Å². The standard InChI is InChI=1S/C13H15N.C12H13N.C11H13NO.C11H13NS.C10H11NO.C10H11NS/c1-9-4-3-5-13-11(8-9)6-7-12(13)10(2)14;1-9(13)11-8-7-10-5-3-2-4-6-12(10)11;2*1-7-3-4-9-10(8(2)12)6-13-11(9)5-7;2*1-7(11)9-6-12-10-5-3-2-4-8(9)10/h3-8,10H,14H2,1-2H3;2-9H,13H2,1H3;2*3-6,8H,12H2,1-2H3;2*2-7H,11H2,1H3. The van der Waals surface area contributed by atoms with Gasteiger partial charge >= 0.3 is 0 Å². The molecule has 4 aliphatic carbocycles. The Morgan fingerprint density at radius 3 is 1.39 bits per heavy atom. The summed E-state index contributed by atoms with van der Waals surface area (Å²) in [5.74, 6) is 0. The second-order valence-corrected chi connectivity index (χ2v) is 22.0. The van der Waals surface area contributed by atoms with Crippen LogP contribution >= 0.6 is 22.7 Å². The summed E-state index contributed by atoms with van der Waals surface area (Å²) in [7, 11) is 0. The van der Waals surface area contributed by atoms with E-state index in [1.165, 1.54) is 81.4 Å². The lowest BCUT2D eigenvalue weighted by Gasteiger charge is -2.04. The van der Waals surface area contributed by atoms with Crippen LogP contribution in [0.25, 0.3) is 64.4 Å². The molecule has 4 heterocycles. The van der Waals surface area contributed by atoms with Gasteiger partial charge in [-0.2, -0.15) is 0 Å². The van der Waals surface area contributed by atoms with E-state index in [1.807, 2.05) is 97.0 Å². The minimum Gasteiger partial charge on any atom is -0.464 e. The van der Waals surface area contributed by atoms with Crippen LogP contribution in [0.2, 0.25) is 0 Å². The van der Waals surface area contributed by atoms with Crippen LogP contribution in [-0.2, 0) is 0 Å². The van der Waals surface area contributed by atoms with Gasteiger partial charge in [0.15, 0.2) is 0 Å². The number of para-hydroxylation sites is 1. The number of fused-ring (bicyclic) bond motifs is 6. The molecule has 4 aromatic carbocycles. The molecule has 12 rings (SSSR count). The van der Waals surface area contributed by atoms with Crippen molar-refractivity contribution in [3.63, 3.8) is 0 Å². The number of aryl methyl sites for hydroxylation is 3. The summed E-state index contributed by atoms with van der Waals surface area (Å²) in [6, 6.07) is 56.9. The molecule has 6 atom stereocenters. The third-order valence-electron chi connectivity index (χ3n) is 13.4. The van der Waals surface area contributed by atoms with Gasteiger partial charge in [0.25, 0.3) is 0 Å². The molecule has 8 aromatic rings. The van der Waals surface area contributed by atoms with Crippen LogP contribution in [0.5, 0.6) is 0 Å². The van der Waals surface area contributed by atoms with Crippen LogP contribution in [0, 0.1) is 20.8 Å². The van der Waals surface area contributed by atoms with Gasteiger partial charge in [0, 0.05) is 67.6 Å². The topological polar surface area (TPSA) is 182 Å². The largest absolute Gasteiger partial charge is 0.464 e. The quantitative estimate of drug-likeness (QED) is 0.0951. The molecule has 0 radical (unpaired) electrons. The van der Waals surface area contributed by atoms with Crippen LogP contribution < -0.4 is 34.4 Å². The Kier molecular flexibility index (Phi) is 20.2. The molecule has 0 bridgehead atoms. The Balaban J connectivity index is 0.000000134. The molecule has 4 aromatic heterocycles. The summed E-state index contributed by atoms with van der Waals surface area (Å²) in [6.45, 7) is 18.3. The summed E-state index contributed by atoms with van der Waals surface area (Å²) in [4.78, 5) is 0. The van der Waals surface area contributed by atoms with E-state index < -0.39 is 0 Å². The Labute approximate surface area is 463 Å². The second-order valence-electron chi connectivity index (χ2n) is 20.1. The van der Waals surface area contributed by atoms with Gasteiger partial charge in [0.05, 0.1) is 12.5 Å². The minimum atomic E-state index is 0.0314. The van der Waals surface area contributed by atoms with Gasteiger partial charge in [-0.15, -0.1) is 22.7 Å². The highest BCUT2D eigenvalue weighted by molar-refractivity contribution is 7.17. The van der Waals surface area contributed by atoms with Crippen LogP contribution in [-0.4, -0.2) is 0 Å². The second kappa shape index (κ2) is 26.9. The smallest absolute Gasteiger partial charge is 0.134 e. The molecule has 0 spiro atoms. The third kappa shape index (κ3) is 14.8. The number of nitrogens with two attached hydrogens (primary N) is 6. The summed E-state index contributed by atoms with van der Waals surface area (Å²) in [5.41, 5.74) is 52.9. The van der Waals surface area contributed by atoms with E-state index in [-0.39, 0.29) is 36.3 Å². The van der Waals surface area contributed by atoms with Crippen LogP contribution in [0.1, 0.15) is 128 Å². The zero-order chi connectivity index (χ0) is 55.3. The van der Waals surface area contributed by atoms with Crippen LogP contribution in [0.15, 0.2) is 196 Å². The molecule has 0 amide bonds. The molecule has 10 heteroatoms. The van der Waals surface area contributed by atoms with Crippen molar-refractivity contribution < 1.29 is 8.83 Å². The van der Waals surface area contributed by atoms with Gasteiger partial charge < -0.3 is 43.2 Å². The Morgan fingerprint density at radius 1 is 0.325 bits per heavy atom. The zero-order valence-electron chi connectivity index (χ0n) is 46.0. The van der Waals surface area contributed by atoms with Crippen molar-refractivity contribution in [3.05, 3.63) is 237 Å². The van der Waals surface area contributed by atoms with Crippen molar-refractivity contribution in [2.24, 2.45) is 34.4 Å². The summed E-state index contributed by atoms with van der Waals surface area (Å²) >= 11 is 3.54.